The van der Waals surface area contributed by atoms with Crippen LogP contribution in [-0.4, -0.2) is 33.6 Å². The molecule has 2 N–H and O–H groups in total. The summed E-state index contributed by atoms with van der Waals surface area (Å²) in [6, 6.07) is 5.44. The van der Waals surface area contributed by atoms with Crippen LogP contribution in [0.2, 0.25) is 0 Å². The van der Waals surface area contributed by atoms with Gasteiger partial charge in [0.2, 0.25) is 0 Å². The Hall–Kier alpha value is -1.66. The van der Waals surface area contributed by atoms with E-state index in [1.165, 1.54) is 49.9 Å². The normalized spacial score (nSPS) is 21.5. The number of aromatic amines is 1. The van der Waals surface area contributed by atoms with Crippen molar-refractivity contribution in [1.29, 1.82) is 0 Å². The number of nitrogens with zero attached hydrogens (tertiary/aromatic N) is 2. The number of hydrogen-bond acceptors (Lipinski definition) is 4. The molecule has 140 valence electrons. The van der Waals surface area contributed by atoms with E-state index in [4.69, 9.17) is 0 Å². The van der Waals surface area contributed by atoms with Crippen LogP contribution in [0.4, 0.5) is 0 Å². The van der Waals surface area contributed by atoms with Crippen LogP contribution in [0, 0.1) is 13.8 Å². The number of rotatable bonds is 5. The third-order valence-electron chi connectivity index (χ3n) is 5.97. The van der Waals surface area contributed by atoms with Crippen molar-refractivity contribution in [3.8, 4) is 0 Å². The molecule has 2 aliphatic rings. The molecule has 1 saturated carbocycles. The molecule has 0 aromatic carbocycles. The molecule has 1 unspecified atom stereocenters. The van der Waals surface area contributed by atoms with Gasteiger partial charge >= 0.3 is 0 Å². The number of aryl methyl sites for hydroxylation is 2. The van der Waals surface area contributed by atoms with Gasteiger partial charge in [0.25, 0.3) is 5.91 Å². The second-order valence-corrected chi connectivity index (χ2v) is 8.75. The number of hydrogen-bond donors (Lipinski definition) is 2. The average Bonchev–Trinajstić information content (AvgIpc) is 3.41. The Morgan fingerprint density at radius 1 is 1.27 bits per heavy atom. The second kappa shape index (κ2) is 7.53. The number of carbonyl (C=O) groups excluding carboxylic acids is 1. The molecule has 1 saturated heterocycles. The number of nitrogens with one attached hydrogen (secondary N) is 2. The van der Waals surface area contributed by atoms with Crippen LogP contribution in [0.25, 0.3) is 0 Å². The molecule has 0 spiro atoms. The summed E-state index contributed by atoms with van der Waals surface area (Å²) in [5.74, 6) is 0.0201. The fourth-order valence-corrected chi connectivity index (χ4v) is 5.59. The Bertz CT molecular complexity index is 755. The maximum Gasteiger partial charge on any atom is 0.261 e. The molecule has 6 heteroatoms. The largest absolute Gasteiger partial charge is 0.347 e. The maximum absolute atomic E-state index is 12.6. The molecule has 26 heavy (non-hydrogen) atoms. The molecule has 5 nitrogen and oxygen atoms in total. The van der Waals surface area contributed by atoms with E-state index in [1.54, 1.807) is 11.3 Å². The maximum atomic E-state index is 12.6. The Morgan fingerprint density at radius 2 is 2.08 bits per heavy atom. The fraction of sp³-hybridized carbons (Fsp3) is 0.600. The lowest BCUT2D eigenvalue weighted by Gasteiger charge is -2.29. The van der Waals surface area contributed by atoms with Crippen LogP contribution >= 0.6 is 11.3 Å². The van der Waals surface area contributed by atoms with E-state index in [9.17, 15) is 4.79 Å². The summed E-state index contributed by atoms with van der Waals surface area (Å²) in [5, 5.41) is 10.2. The lowest BCUT2D eigenvalue weighted by molar-refractivity contribution is 0.0955. The average molecular weight is 373 g/mol. The Labute approximate surface area is 159 Å². The first kappa shape index (κ1) is 17.7. The topological polar surface area (TPSA) is 61.0 Å². The van der Waals surface area contributed by atoms with Gasteiger partial charge in [0.05, 0.1) is 10.6 Å². The predicted molar refractivity (Wildman–Crippen MR) is 104 cm³/mol. The number of likely N-dealkylation sites (tertiary alicyclic amines) is 1. The summed E-state index contributed by atoms with van der Waals surface area (Å²) in [6.07, 6.45) is 7.94. The van der Waals surface area contributed by atoms with E-state index < -0.39 is 0 Å². The minimum absolute atomic E-state index is 0.0201. The molecular weight excluding hydrogens is 344 g/mol. The van der Waals surface area contributed by atoms with Crippen LogP contribution in [0.15, 0.2) is 12.1 Å². The summed E-state index contributed by atoms with van der Waals surface area (Å²) < 4.78 is 0. The highest BCUT2D eigenvalue weighted by Gasteiger charge is 2.34. The fourth-order valence-electron chi connectivity index (χ4n) is 4.51. The van der Waals surface area contributed by atoms with E-state index in [0.29, 0.717) is 12.6 Å². The van der Waals surface area contributed by atoms with Crippen LogP contribution in [-0.2, 0) is 6.54 Å². The van der Waals surface area contributed by atoms with Gasteiger partial charge in [-0.2, -0.15) is 5.10 Å². The van der Waals surface area contributed by atoms with Crippen molar-refractivity contribution >= 4 is 17.2 Å². The van der Waals surface area contributed by atoms with Crippen LogP contribution in [0.1, 0.15) is 76.1 Å². The molecule has 1 aliphatic carbocycles. The van der Waals surface area contributed by atoms with E-state index >= 15 is 0 Å². The number of amides is 1. The lowest BCUT2D eigenvalue weighted by atomic mass is 10.1. The number of thiophene rings is 1. The third kappa shape index (κ3) is 3.45. The van der Waals surface area contributed by atoms with Crippen molar-refractivity contribution in [3.05, 3.63) is 38.8 Å². The van der Waals surface area contributed by atoms with Gasteiger partial charge < -0.3 is 5.32 Å². The van der Waals surface area contributed by atoms with Crippen molar-refractivity contribution in [2.75, 3.05) is 6.54 Å². The van der Waals surface area contributed by atoms with Gasteiger partial charge in [-0.25, -0.2) is 0 Å². The predicted octanol–water partition coefficient (Wildman–Crippen LogP) is 4.10. The standard InChI is InChI=1S/C20H28N4OS/c1-13-16(14(2)23-22-13)12-21-20(25)19-10-9-18(26-19)17-8-5-11-24(17)15-6-3-4-7-15/h9-10,15,17H,3-8,11-12H2,1-2H3,(H,21,25)(H,22,23). The zero-order valence-corrected chi connectivity index (χ0v) is 16.5. The molecular formula is C20H28N4OS. The van der Waals surface area contributed by atoms with Crippen LogP contribution < -0.4 is 5.32 Å². The van der Waals surface area contributed by atoms with Gasteiger partial charge in [0.15, 0.2) is 0 Å². The summed E-state index contributed by atoms with van der Waals surface area (Å²) in [5.41, 5.74) is 3.05. The first-order valence-corrected chi connectivity index (χ1v) is 10.6. The van der Waals surface area contributed by atoms with E-state index in [2.05, 4.69) is 26.5 Å². The molecule has 1 aliphatic heterocycles. The van der Waals surface area contributed by atoms with Gasteiger partial charge in [-0.05, 0) is 58.2 Å². The highest BCUT2D eigenvalue weighted by molar-refractivity contribution is 7.14. The molecule has 2 aromatic rings. The summed E-state index contributed by atoms with van der Waals surface area (Å²) in [6.45, 7) is 5.69. The molecule has 0 bridgehead atoms. The molecule has 1 amide bonds. The van der Waals surface area contributed by atoms with Crippen LogP contribution in [0.5, 0.6) is 0 Å². The molecule has 2 fully saturated rings. The minimum Gasteiger partial charge on any atom is -0.347 e. The summed E-state index contributed by atoms with van der Waals surface area (Å²) in [4.78, 5) is 17.5. The van der Waals surface area contributed by atoms with Crippen molar-refractivity contribution in [1.82, 2.24) is 20.4 Å². The van der Waals surface area contributed by atoms with E-state index in [1.807, 2.05) is 19.9 Å². The molecule has 1 atom stereocenters. The number of H-pyrrole nitrogens is 1. The van der Waals surface area contributed by atoms with E-state index in [0.717, 1.165) is 27.9 Å². The monoisotopic (exact) mass is 372 g/mol. The highest BCUT2D eigenvalue weighted by Crippen LogP contribution is 2.40. The number of carbonyl (C=O) groups is 1. The van der Waals surface area contributed by atoms with Crippen molar-refractivity contribution < 1.29 is 4.79 Å². The quantitative estimate of drug-likeness (QED) is 0.831. The Kier molecular flexibility index (Phi) is 5.14. The second-order valence-electron chi connectivity index (χ2n) is 7.63. The SMILES string of the molecule is Cc1n[nH]c(C)c1CNC(=O)c1ccc(C2CCCN2C2CCCC2)s1. The summed E-state index contributed by atoms with van der Waals surface area (Å²) >= 11 is 1.67. The van der Waals surface area contributed by atoms with E-state index in [-0.39, 0.29) is 5.91 Å². The molecule has 0 radical (unpaired) electrons. The van der Waals surface area contributed by atoms with Gasteiger partial charge in [-0.1, -0.05) is 12.8 Å². The smallest absolute Gasteiger partial charge is 0.261 e. The van der Waals surface area contributed by atoms with Crippen molar-refractivity contribution in [2.45, 2.75) is 71.0 Å². The Morgan fingerprint density at radius 3 is 2.81 bits per heavy atom. The zero-order valence-electron chi connectivity index (χ0n) is 15.7. The van der Waals surface area contributed by atoms with Gasteiger partial charge in [0, 0.05) is 34.8 Å². The van der Waals surface area contributed by atoms with Gasteiger partial charge in [0.1, 0.15) is 0 Å². The Balaban J connectivity index is 1.41. The molecule has 4 rings (SSSR count). The lowest BCUT2D eigenvalue weighted by Crippen LogP contribution is -2.32. The first-order chi connectivity index (χ1) is 12.6. The highest BCUT2D eigenvalue weighted by atomic mass is 32.1. The van der Waals surface area contributed by atoms with Gasteiger partial charge in [-0.15, -0.1) is 11.3 Å². The minimum atomic E-state index is 0.0201. The summed E-state index contributed by atoms with van der Waals surface area (Å²) in [7, 11) is 0. The van der Waals surface area contributed by atoms with Gasteiger partial charge in [-0.3, -0.25) is 14.8 Å². The first-order valence-electron chi connectivity index (χ1n) is 9.77. The third-order valence-corrected chi connectivity index (χ3v) is 7.16. The zero-order chi connectivity index (χ0) is 18.1. The number of aromatic nitrogens is 2. The van der Waals surface area contributed by atoms with Crippen LogP contribution in [0.3, 0.4) is 0 Å². The van der Waals surface area contributed by atoms with Crippen molar-refractivity contribution in [3.63, 3.8) is 0 Å². The molecule has 2 aromatic heterocycles. The molecule has 3 heterocycles. The van der Waals surface area contributed by atoms with Crippen molar-refractivity contribution in [2.24, 2.45) is 0 Å².